The summed E-state index contributed by atoms with van der Waals surface area (Å²) in [6.45, 7) is 9.44. The number of halogens is 1. The summed E-state index contributed by atoms with van der Waals surface area (Å²) in [5.74, 6) is -0.0408. The van der Waals surface area contributed by atoms with Gasteiger partial charge in [0.1, 0.15) is 11.6 Å². The molecule has 1 heterocycles. The maximum Gasteiger partial charge on any atom is 0.244 e. The van der Waals surface area contributed by atoms with Crippen LogP contribution in [0, 0.1) is 12.7 Å². The Kier molecular flexibility index (Phi) is 10.3. The predicted molar refractivity (Wildman–Crippen MR) is 136 cm³/mol. The summed E-state index contributed by atoms with van der Waals surface area (Å²) in [5, 5.41) is 10.2. The first-order chi connectivity index (χ1) is 16.4. The van der Waals surface area contributed by atoms with Crippen LogP contribution in [0.4, 0.5) is 10.2 Å². The van der Waals surface area contributed by atoms with Crippen molar-refractivity contribution in [2.45, 2.75) is 26.8 Å². The van der Waals surface area contributed by atoms with Crippen LogP contribution < -0.4 is 11.1 Å². The second-order valence-electron chi connectivity index (χ2n) is 7.40. The first-order valence-electron chi connectivity index (χ1n) is 10.9. The molecular formula is C26H32FN5O2. The van der Waals surface area contributed by atoms with Crippen LogP contribution in [0.1, 0.15) is 35.7 Å². The molecule has 7 nitrogen and oxygen atoms in total. The maximum absolute atomic E-state index is 14.7. The Bertz CT molecular complexity index is 1130. The molecule has 3 aromatic rings. The summed E-state index contributed by atoms with van der Waals surface area (Å²) in [6, 6.07) is 12.8. The van der Waals surface area contributed by atoms with Crippen molar-refractivity contribution in [2.75, 3.05) is 26.4 Å². The van der Waals surface area contributed by atoms with Gasteiger partial charge in [0.05, 0.1) is 17.5 Å². The number of anilines is 1. The lowest BCUT2D eigenvalue weighted by Crippen LogP contribution is -2.15. The number of nitrogens with zero attached hydrogens (tertiary/aromatic N) is 3. The molecule has 0 aliphatic rings. The average molecular weight is 466 g/mol. The Hall–Kier alpha value is -3.62. The number of ether oxygens (including phenoxy) is 1. The first kappa shape index (κ1) is 26.6. The fourth-order valence-corrected chi connectivity index (χ4v) is 3.09. The van der Waals surface area contributed by atoms with Gasteiger partial charge in [0.2, 0.25) is 5.90 Å². The highest BCUT2D eigenvalue weighted by atomic mass is 19.1. The van der Waals surface area contributed by atoms with Gasteiger partial charge >= 0.3 is 0 Å². The van der Waals surface area contributed by atoms with Gasteiger partial charge in [-0.15, -0.1) is 0 Å². The largest absolute Gasteiger partial charge is 0.437 e. The molecule has 0 saturated heterocycles. The number of aliphatic hydroxyl groups excluding tert-OH is 1. The van der Waals surface area contributed by atoms with Crippen molar-refractivity contribution in [3.63, 3.8) is 0 Å². The zero-order valence-electron chi connectivity index (χ0n) is 20.1. The Morgan fingerprint density at radius 1 is 1.21 bits per heavy atom. The van der Waals surface area contributed by atoms with E-state index in [2.05, 4.69) is 33.8 Å². The fraction of sp³-hybridized carbons (Fsp3) is 0.269. The standard InChI is InChI=1S/C25H28FN5O.CH4O/c1-5-12-29-14-18-8-11-20(21(26)13-18)17(3)32-25(28-4)23-24(27)30-15-22(31-23)19-9-6-16(2)7-10-19;1-2/h6-11,13,15,29H,3,5,12,14H2,1-2,4H3,(H2,27,30);2H,1H3. The molecule has 0 atom stereocenters. The van der Waals surface area contributed by atoms with Crippen molar-refractivity contribution in [3.8, 4) is 11.3 Å². The van der Waals surface area contributed by atoms with Crippen molar-refractivity contribution in [2.24, 2.45) is 4.99 Å². The lowest BCUT2D eigenvalue weighted by molar-refractivity contribution is 0.399. The van der Waals surface area contributed by atoms with E-state index in [1.807, 2.05) is 37.3 Å². The molecule has 180 valence electrons. The molecule has 0 fully saturated rings. The molecule has 2 aromatic carbocycles. The Morgan fingerprint density at radius 3 is 2.53 bits per heavy atom. The van der Waals surface area contributed by atoms with E-state index in [1.54, 1.807) is 19.3 Å². The van der Waals surface area contributed by atoms with Crippen LogP contribution in [0.5, 0.6) is 0 Å². The minimum absolute atomic E-state index is 0.109. The molecule has 0 aliphatic heterocycles. The number of nitrogens with two attached hydrogens (primary N) is 1. The molecule has 0 aliphatic carbocycles. The quantitative estimate of drug-likeness (QED) is 0.198. The molecule has 34 heavy (non-hydrogen) atoms. The second-order valence-corrected chi connectivity index (χ2v) is 7.40. The van der Waals surface area contributed by atoms with E-state index in [9.17, 15) is 4.39 Å². The Balaban J connectivity index is 0.00000199. The van der Waals surface area contributed by atoms with Crippen molar-refractivity contribution < 1.29 is 14.2 Å². The van der Waals surface area contributed by atoms with Crippen LogP contribution in [0.15, 0.2) is 60.2 Å². The van der Waals surface area contributed by atoms with Crippen LogP contribution in [-0.4, -0.2) is 41.7 Å². The lowest BCUT2D eigenvalue weighted by Gasteiger charge is -2.14. The number of hydrogen-bond donors (Lipinski definition) is 3. The van der Waals surface area contributed by atoms with Gasteiger partial charge in [-0.2, -0.15) is 0 Å². The minimum atomic E-state index is -0.422. The third kappa shape index (κ3) is 6.94. The zero-order chi connectivity index (χ0) is 25.1. The van der Waals surface area contributed by atoms with E-state index in [-0.39, 0.29) is 28.7 Å². The number of rotatable bonds is 8. The SMILES string of the molecule is C=C(OC(=NC)c1nc(-c2ccc(C)cc2)cnc1N)c1ccc(CNCCC)cc1F.CO. The molecule has 3 rings (SSSR count). The van der Waals surface area contributed by atoms with Crippen LogP contribution in [0.3, 0.4) is 0 Å². The van der Waals surface area contributed by atoms with Crippen LogP contribution in [0.2, 0.25) is 0 Å². The summed E-state index contributed by atoms with van der Waals surface area (Å²) in [4.78, 5) is 13.0. The minimum Gasteiger partial charge on any atom is -0.437 e. The van der Waals surface area contributed by atoms with Crippen molar-refractivity contribution in [1.29, 1.82) is 0 Å². The number of nitrogen functional groups attached to an aromatic ring is 1. The van der Waals surface area contributed by atoms with Crippen LogP contribution >= 0.6 is 0 Å². The second kappa shape index (κ2) is 13.2. The van der Waals surface area contributed by atoms with E-state index in [4.69, 9.17) is 15.6 Å². The normalized spacial score (nSPS) is 10.9. The lowest BCUT2D eigenvalue weighted by atomic mass is 10.1. The van der Waals surface area contributed by atoms with Gasteiger partial charge < -0.3 is 20.9 Å². The molecule has 0 spiro atoms. The highest BCUT2D eigenvalue weighted by Gasteiger charge is 2.18. The van der Waals surface area contributed by atoms with Crippen molar-refractivity contribution in [1.82, 2.24) is 15.3 Å². The van der Waals surface area contributed by atoms with Gasteiger partial charge in [-0.3, -0.25) is 4.99 Å². The number of hydrogen-bond acceptors (Lipinski definition) is 7. The highest BCUT2D eigenvalue weighted by molar-refractivity contribution is 5.99. The number of aromatic nitrogens is 2. The van der Waals surface area contributed by atoms with Gasteiger partial charge in [0, 0.05) is 26.3 Å². The highest BCUT2D eigenvalue weighted by Crippen LogP contribution is 2.24. The van der Waals surface area contributed by atoms with Gasteiger partial charge in [-0.05, 0) is 37.6 Å². The number of aliphatic hydroxyl groups is 1. The van der Waals surface area contributed by atoms with Gasteiger partial charge in [-0.1, -0.05) is 49.4 Å². The van der Waals surface area contributed by atoms with Crippen LogP contribution in [0.25, 0.3) is 17.0 Å². The van der Waals surface area contributed by atoms with Crippen molar-refractivity contribution in [3.05, 3.63) is 83.4 Å². The number of nitrogens with one attached hydrogen (secondary N) is 1. The number of aryl methyl sites for hydroxylation is 1. The Labute approximate surface area is 200 Å². The summed E-state index contributed by atoms with van der Waals surface area (Å²) in [6.07, 6.45) is 2.61. The van der Waals surface area contributed by atoms with Crippen LogP contribution in [-0.2, 0) is 11.3 Å². The molecule has 0 radical (unpaired) electrons. The molecule has 8 heteroatoms. The Morgan fingerprint density at radius 2 is 1.91 bits per heavy atom. The summed E-state index contributed by atoms with van der Waals surface area (Å²) >= 11 is 0. The van der Waals surface area contributed by atoms with Gasteiger partial charge in [-0.25, -0.2) is 14.4 Å². The van der Waals surface area contributed by atoms with E-state index in [1.165, 1.54) is 6.07 Å². The topological polar surface area (TPSA) is 106 Å². The fourth-order valence-electron chi connectivity index (χ4n) is 3.09. The van der Waals surface area contributed by atoms with E-state index in [0.717, 1.165) is 36.8 Å². The maximum atomic E-state index is 14.7. The molecule has 4 N–H and O–H groups in total. The summed E-state index contributed by atoms with van der Waals surface area (Å²) in [7, 11) is 2.54. The predicted octanol–water partition coefficient (Wildman–Crippen LogP) is 4.35. The van der Waals surface area contributed by atoms with E-state index >= 15 is 0 Å². The molecular weight excluding hydrogens is 433 g/mol. The number of aliphatic imine (C=N–C) groups is 1. The first-order valence-corrected chi connectivity index (χ1v) is 10.9. The monoisotopic (exact) mass is 465 g/mol. The molecule has 1 aromatic heterocycles. The van der Waals surface area contributed by atoms with Gasteiger partial charge in [0.15, 0.2) is 11.5 Å². The third-order valence-electron chi connectivity index (χ3n) is 4.86. The molecule has 0 unspecified atom stereocenters. The smallest absolute Gasteiger partial charge is 0.244 e. The number of benzene rings is 2. The third-order valence-corrected chi connectivity index (χ3v) is 4.86. The van der Waals surface area contributed by atoms with Gasteiger partial charge in [0.25, 0.3) is 0 Å². The van der Waals surface area contributed by atoms with E-state index in [0.29, 0.717) is 12.2 Å². The van der Waals surface area contributed by atoms with Crippen molar-refractivity contribution >= 4 is 17.5 Å². The average Bonchev–Trinajstić information content (AvgIpc) is 2.85. The molecule has 0 saturated carbocycles. The summed E-state index contributed by atoms with van der Waals surface area (Å²) in [5.41, 5.74) is 10.1. The zero-order valence-corrected chi connectivity index (χ0v) is 20.1. The molecule has 0 bridgehead atoms. The van der Waals surface area contributed by atoms with E-state index < -0.39 is 5.82 Å². The molecule has 0 amide bonds. The summed E-state index contributed by atoms with van der Waals surface area (Å²) < 4.78 is 20.5.